The highest BCUT2D eigenvalue weighted by Gasteiger charge is 2.33. The van der Waals surface area contributed by atoms with Crippen LogP contribution in [0.15, 0.2) is 36.4 Å². The summed E-state index contributed by atoms with van der Waals surface area (Å²) in [4.78, 5) is 37.0. The van der Waals surface area contributed by atoms with E-state index in [0.717, 1.165) is 59.9 Å². The van der Waals surface area contributed by atoms with Gasteiger partial charge in [0.1, 0.15) is 7.73 Å². The van der Waals surface area contributed by atoms with Gasteiger partial charge in [-0.25, -0.2) is 9.08 Å². The number of nitrogens with one attached hydrogen (secondary N) is 2. The predicted molar refractivity (Wildman–Crippen MR) is 138 cm³/mol. The van der Waals surface area contributed by atoms with Gasteiger partial charge in [-0.2, -0.15) is 5.48 Å². The maximum Gasteiger partial charge on any atom is 0.432 e. The topological polar surface area (TPSA) is 93.7 Å². The van der Waals surface area contributed by atoms with Crippen LogP contribution in [0.1, 0.15) is 85.3 Å². The number of ketones is 1. The Labute approximate surface area is 213 Å². The Morgan fingerprint density at radius 1 is 1.06 bits per heavy atom. The molecule has 2 N–H and O–H groups in total. The van der Waals surface area contributed by atoms with Gasteiger partial charge in [0.25, 0.3) is 0 Å². The summed E-state index contributed by atoms with van der Waals surface area (Å²) in [5.74, 6) is -0.0656. The van der Waals surface area contributed by atoms with Crippen molar-refractivity contribution in [3.05, 3.63) is 58.7 Å². The predicted octanol–water partition coefficient (Wildman–Crippen LogP) is 5.52. The van der Waals surface area contributed by atoms with Crippen molar-refractivity contribution >= 4 is 30.6 Å². The summed E-state index contributed by atoms with van der Waals surface area (Å²) in [6.07, 6.45) is 4.34. The van der Waals surface area contributed by atoms with Crippen LogP contribution in [-0.4, -0.2) is 32.1 Å². The van der Waals surface area contributed by atoms with Crippen molar-refractivity contribution in [3.8, 4) is 11.1 Å². The van der Waals surface area contributed by atoms with Gasteiger partial charge < -0.3 is 10.1 Å². The molecule has 8 heteroatoms. The fourth-order valence-corrected chi connectivity index (χ4v) is 4.59. The minimum atomic E-state index is -0.783. The van der Waals surface area contributed by atoms with Gasteiger partial charge in [0, 0.05) is 43.7 Å². The highest BCUT2D eigenvalue weighted by molar-refractivity contribution is 7.75. The summed E-state index contributed by atoms with van der Waals surface area (Å²) in [6, 6.07) is 11.9. The number of carbonyl (C=O) groups excluding carboxylic acids is 3. The van der Waals surface area contributed by atoms with Crippen molar-refractivity contribution in [1.82, 2.24) is 10.8 Å². The SMILES string of the molecule is [3H]SONC(=O)OCC1c2cc(CCCC(=O)NCCC)ccc2-c2c(C(=O)CCCC)cccc21. The van der Waals surface area contributed by atoms with Crippen molar-refractivity contribution in [3.63, 3.8) is 0 Å². The van der Waals surface area contributed by atoms with Crippen molar-refractivity contribution in [2.75, 3.05) is 13.2 Å². The minimum Gasteiger partial charge on any atom is -0.447 e. The lowest BCUT2D eigenvalue weighted by Gasteiger charge is -2.15. The average molecular weight is 501 g/mol. The monoisotopic (exact) mass is 500 g/mol. The van der Waals surface area contributed by atoms with E-state index in [-0.39, 0.29) is 37.0 Å². The summed E-state index contributed by atoms with van der Waals surface area (Å²) >= 11 is 0.265. The molecular formula is C27H34N2O5S. The molecule has 2 aromatic carbocycles. The highest BCUT2D eigenvalue weighted by Crippen LogP contribution is 2.47. The van der Waals surface area contributed by atoms with Gasteiger partial charge in [-0.1, -0.05) is 56.7 Å². The Morgan fingerprint density at radius 2 is 1.91 bits per heavy atom. The van der Waals surface area contributed by atoms with E-state index in [4.69, 9.17) is 5.86 Å². The van der Waals surface area contributed by atoms with Gasteiger partial charge in [-0.15, -0.1) is 0 Å². The lowest BCUT2D eigenvalue weighted by atomic mass is 9.93. The lowest BCUT2D eigenvalue weighted by Crippen LogP contribution is -2.23. The first-order chi connectivity index (χ1) is 17.5. The molecule has 0 fully saturated rings. The number of fused-ring (bicyclic) bond motifs is 3. The third-order valence-electron chi connectivity index (χ3n) is 6.24. The first-order valence-electron chi connectivity index (χ1n) is 12.7. The Bertz CT molecular complexity index is 1080. The van der Waals surface area contributed by atoms with Crippen LogP contribution < -0.4 is 10.8 Å². The van der Waals surface area contributed by atoms with E-state index in [9.17, 15) is 14.4 Å². The number of hydroxylamine groups is 1. The number of amides is 2. The third-order valence-corrected chi connectivity index (χ3v) is 6.32. The van der Waals surface area contributed by atoms with Crippen LogP contribution in [0.5, 0.6) is 0 Å². The molecule has 0 saturated carbocycles. The molecule has 1 unspecified atom stereocenters. The first kappa shape index (κ1) is 25.3. The summed E-state index contributed by atoms with van der Waals surface area (Å²) < 4.78 is 16.8. The number of Topliss-reactive ketones (excluding diaryl/α,β-unsaturated/α-hetero) is 1. The molecular weight excluding hydrogens is 464 g/mol. The molecule has 2 aromatic rings. The number of ether oxygens (including phenoxy) is 1. The molecule has 0 radical (unpaired) electrons. The number of aryl methyl sites for hydroxylation is 1. The Kier molecular flexibility index (Phi) is 9.60. The Hall–Kier alpha value is -2.84. The average Bonchev–Trinajstić information content (AvgIpc) is 3.20. The summed E-state index contributed by atoms with van der Waals surface area (Å²) in [5.41, 5.74) is 7.66. The fraction of sp³-hybridized carbons (Fsp3) is 0.444. The van der Waals surface area contributed by atoms with Crippen LogP contribution in [0.25, 0.3) is 11.1 Å². The molecule has 3 rings (SSSR count). The van der Waals surface area contributed by atoms with Crippen molar-refractivity contribution < 1.29 is 23.4 Å². The molecule has 1 aliphatic rings. The molecule has 0 heterocycles. The smallest absolute Gasteiger partial charge is 0.432 e. The maximum absolute atomic E-state index is 13.0. The molecule has 188 valence electrons. The highest BCUT2D eigenvalue weighted by atomic mass is 32.1. The molecule has 1 aliphatic carbocycles. The van der Waals surface area contributed by atoms with E-state index in [1.54, 1.807) is 0 Å². The van der Waals surface area contributed by atoms with Gasteiger partial charge in [0.15, 0.2) is 5.78 Å². The van der Waals surface area contributed by atoms with Crippen molar-refractivity contribution in [2.45, 2.75) is 64.7 Å². The molecule has 0 aliphatic heterocycles. The van der Waals surface area contributed by atoms with E-state index >= 15 is 0 Å². The number of hydrogen-bond acceptors (Lipinski definition) is 6. The number of hydrogen-bond donors (Lipinski definition) is 3. The second kappa shape index (κ2) is 13.3. The summed E-state index contributed by atoms with van der Waals surface area (Å²) in [6.45, 7) is 4.84. The second-order valence-corrected chi connectivity index (χ2v) is 8.92. The number of thiol groups is 1. The van der Waals surface area contributed by atoms with Crippen molar-refractivity contribution in [1.29, 1.82) is 1.12 Å². The fourth-order valence-electron chi connectivity index (χ4n) is 4.52. The van der Waals surface area contributed by atoms with Gasteiger partial charge >= 0.3 is 6.09 Å². The maximum atomic E-state index is 13.0. The third kappa shape index (κ3) is 6.86. The number of carbonyl (C=O) groups is 3. The molecule has 0 saturated heterocycles. The quantitative estimate of drug-likeness (QED) is 0.137. The number of rotatable bonds is 14. The summed E-state index contributed by atoms with van der Waals surface area (Å²) in [5, 5.41) is 2.90. The van der Waals surface area contributed by atoms with Crippen LogP contribution in [-0.2, 0) is 20.2 Å². The molecule has 35 heavy (non-hydrogen) atoms. The van der Waals surface area contributed by atoms with Gasteiger partial charge in [-0.05, 0) is 53.5 Å². The lowest BCUT2D eigenvalue weighted by molar-refractivity contribution is -0.121. The van der Waals surface area contributed by atoms with E-state index in [0.29, 0.717) is 24.9 Å². The number of benzene rings is 2. The largest absolute Gasteiger partial charge is 0.447 e. The molecule has 1 atom stereocenters. The van der Waals surface area contributed by atoms with Crippen LogP contribution in [0, 0.1) is 0 Å². The zero-order valence-electron chi connectivity index (χ0n) is 21.4. The summed E-state index contributed by atoms with van der Waals surface area (Å²) in [7, 11) is 0. The molecule has 7 nitrogen and oxygen atoms in total. The standard InChI is InChI=1S/C27H34N2O5S/c1-3-5-11-24(30)21-10-7-9-19-23(17-33-27(32)29-34-35)22-16-18(13-14-20(22)26(19)21)8-6-12-25(31)28-15-4-2/h7,9-10,13-14,16,23,35H,3-6,8,11-12,15,17H2,1-2H3,(H,28,31)(H,29,32)/i/hT. The van der Waals surface area contributed by atoms with E-state index in [2.05, 4.69) is 28.7 Å². The van der Waals surface area contributed by atoms with Crippen LogP contribution in [0.2, 0.25) is 0 Å². The molecule has 0 bridgehead atoms. The molecule has 0 spiro atoms. The second-order valence-electron chi connectivity index (χ2n) is 8.76. The van der Waals surface area contributed by atoms with E-state index < -0.39 is 6.09 Å². The van der Waals surface area contributed by atoms with E-state index in [1.807, 2.05) is 36.7 Å². The Balaban J connectivity index is 1.86. The van der Waals surface area contributed by atoms with Crippen LogP contribution in [0.3, 0.4) is 0 Å². The minimum absolute atomic E-state index is 0.0611. The molecule has 0 aromatic heterocycles. The zero-order chi connectivity index (χ0) is 25.9. The normalized spacial score (nSPS) is 14.0. The number of unbranched alkanes of at least 4 members (excludes halogenated alkanes) is 1. The van der Waals surface area contributed by atoms with Crippen LogP contribution >= 0.6 is 12.8 Å². The van der Waals surface area contributed by atoms with Crippen LogP contribution in [0.4, 0.5) is 4.79 Å². The van der Waals surface area contributed by atoms with Crippen molar-refractivity contribution in [2.24, 2.45) is 0 Å². The Morgan fingerprint density at radius 3 is 2.69 bits per heavy atom. The van der Waals surface area contributed by atoms with Gasteiger partial charge in [0.2, 0.25) is 5.91 Å². The van der Waals surface area contributed by atoms with Gasteiger partial charge in [-0.3, -0.25) is 9.59 Å². The molecule has 2 amide bonds. The zero-order valence-corrected chi connectivity index (χ0v) is 21.2. The first-order valence-corrected chi connectivity index (χ1v) is 12.6. The van der Waals surface area contributed by atoms with E-state index in [1.165, 1.54) is 0 Å². The van der Waals surface area contributed by atoms with Gasteiger partial charge in [0.05, 0.1) is 0 Å².